The standard InChI is InChI=1S/C19H17F2NO4S/c20-16-10-14(11-17(21)18(16)19(23)24)22-27(25,26)15-8-6-13(7-9-15)12-4-2-1-3-5-12/h4,6-11,22H,1-3,5H2,(H,23,24). The molecule has 0 saturated heterocycles. The Hall–Kier alpha value is -2.74. The third-order valence-corrected chi connectivity index (χ3v) is 5.73. The Morgan fingerprint density at radius 3 is 2.19 bits per heavy atom. The summed E-state index contributed by atoms with van der Waals surface area (Å²) in [4.78, 5) is 10.7. The highest BCUT2D eigenvalue weighted by Gasteiger charge is 2.21. The van der Waals surface area contributed by atoms with Crippen LogP contribution in [0.2, 0.25) is 0 Å². The van der Waals surface area contributed by atoms with Gasteiger partial charge in [-0.25, -0.2) is 22.0 Å². The van der Waals surface area contributed by atoms with E-state index in [1.165, 1.54) is 17.7 Å². The second-order valence-corrected chi connectivity index (χ2v) is 7.91. The minimum absolute atomic E-state index is 0.0641. The number of aromatic carboxylic acids is 1. The maximum absolute atomic E-state index is 13.7. The normalized spacial score (nSPS) is 14.5. The lowest BCUT2D eigenvalue weighted by Gasteiger charge is -2.14. The first kappa shape index (κ1) is 19.0. The zero-order chi connectivity index (χ0) is 19.6. The molecule has 0 radical (unpaired) electrons. The Bertz CT molecular complexity index is 992. The van der Waals surface area contributed by atoms with E-state index in [2.05, 4.69) is 10.8 Å². The average molecular weight is 393 g/mol. The molecule has 0 fully saturated rings. The molecule has 0 saturated carbocycles. The zero-order valence-corrected chi connectivity index (χ0v) is 15.0. The van der Waals surface area contributed by atoms with Crippen molar-refractivity contribution < 1.29 is 27.1 Å². The second-order valence-electron chi connectivity index (χ2n) is 6.23. The summed E-state index contributed by atoms with van der Waals surface area (Å²) in [7, 11) is -4.08. The van der Waals surface area contributed by atoms with E-state index >= 15 is 0 Å². The molecule has 0 amide bonds. The Balaban J connectivity index is 1.85. The number of hydrogen-bond acceptors (Lipinski definition) is 3. The molecule has 0 spiro atoms. The summed E-state index contributed by atoms with van der Waals surface area (Å²) in [5, 5.41) is 8.76. The number of hydrogen-bond donors (Lipinski definition) is 2. The quantitative estimate of drug-likeness (QED) is 0.788. The fraction of sp³-hybridized carbons (Fsp3) is 0.211. The summed E-state index contributed by atoms with van der Waals surface area (Å²) in [6.45, 7) is 0. The van der Waals surface area contributed by atoms with Gasteiger partial charge in [0.25, 0.3) is 10.0 Å². The van der Waals surface area contributed by atoms with Gasteiger partial charge in [0.2, 0.25) is 0 Å². The predicted molar refractivity (Wildman–Crippen MR) is 97.0 cm³/mol. The van der Waals surface area contributed by atoms with Gasteiger partial charge in [0, 0.05) is 0 Å². The lowest BCUT2D eigenvalue weighted by Crippen LogP contribution is -2.14. The van der Waals surface area contributed by atoms with Crippen molar-refractivity contribution in [2.45, 2.75) is 30.6 Å². The van der Waals surface area contributed by atoms with Crippen molar-refractivity contribution in [3.63, 3.8) is 0 Å². The molecular weight excluding hydrogens is 376 g/mol. The van der Waals surface area contributed by atoms with Gasteiger partial charge in [0.1, 0.15) is 17.2 Å². The van der Waals surface area contributed by atoms with Crippen LogP contribution in [0, 0.1) is 11.6 Å². The van der Waals surface area contributed by atoms with Gasteiger partial charge in [-0.1, -0.05) is 18.2 Å². The fourth-order valence-corrected chi connectivity index (χ4v) is 4.04. The maximum atomic E-state index is 13.7. The van der Waals surface area contributed by atoms with Crippen LogP contribution in [0.5, 0.6) is 0 Å². The number of anilines is 1. The molecule has 0 aliphatic heterocycles. The molecule has 2 aromatic rings. The van der Waals surface area contributed by atoms with Crippen LogP contribution in [-0.4, -0.2) is 19.5 Å². The molecule has 3 rings (SSSR count). The number of rotatable bonds is 5. The van der Waals surface area contributed by atoms with Gasteiger partial charge < -0.3 is 5.11 Å². The van der Waals surface area contributed by atoms with E-state index < -0.39 is 38.9 Å². The summed E-state index contributed by atoms with van der Waals surface area (Å²) in [6.07, 6.45) is 6.32. The van der Waals surface area contributed by atoms with Crippen LogP contribution in [0.15, 0.2) is 47.4 Å². The molecule has 0 aromatic heterocycles. The molecule has 142 valence electrons. The molecule has 27 heavy (non-hydrogen) atoms. The minimum atomic E-state index is -4.08. The Morgan fingerprint density at radius 1 is 1.04 bits per heavy atom. The molecule has 0 heterocycles. The lowest BCUT2D eigenvalue weighted by atomic mass is 9.94. The van der Waals surface area contributed by atoms with Crippen molar-refractivity contribution in [3.8, 4) is 0 Å². The molecule has 5 nitrogen and oxygen atoms in total. The Morgan fingerprint density at radius 2 is 1.67 bits per heavy atom. The molecule has 0 atom stereocenters. The van der Waals surface area contributed by atoms with Crippen LogP contribution in [0.1, 0.15) is 41.6 Å². The van der Waals surface area contributed by atoms with Gasteiger partial charge in [-0.3, -0.25) is 4.72 Å². The van der Waals surface area contributed by atoms with Crippen molar-refractivity contribution in [1.82, 2.24) is 0 Å². The highest BCUT2D eigenvalue weighted by molar-refractivity contribution is 7.92. The second kappa shape index (κ2) is 7.48. The highest BCUT2D eigenvalue weighted by Crippen LogP contribution is 2.28. The van der Waals surface area contributed by atoms with Gasteiger partial charge in [-0.15, -0.1) is 0 Å². The van der Waals surface area contributed by atoms with Crippen LogP contribution >= 0.6 is 0 Å². The molecule has 2 N–H and O–H groups in total. The number of carbonyl (C=O) groups is 1. The van der Waals surface area contributed by atoms with Crippen molar-refractivity contribution >= 4 is 27.3 Å². The van der Waals surface area contributed by atoms with Crippen LogP contribution in [0.25, 0.3) is 5.57 Å². The third kappa shape index (κ3) is 4.16. The topological polar surface area (TPSA) is 83.5 Å². The molecule has 0 bridgehead atoms. The van der Waals surface area contributed by atoms with Crippen molar-refractivity contribution in [3.05, 3.63) is 65.2 Å². The van der Waals surface area contributed by atoms with Gasteiger partial charge in [-0.05, 0) is 61.1 Å². The van der Waals surface area contributed by atoms with E-state index in [1.54, 1.807) is 12.1 Å². The Labute approximate surface area is 155 Å². The largest absolute Gasteiger partial charge is 0.477 e. The summed E-state index contributed by atoms with van der Waals surface area (Å²) >= 11 is 0. The van der Waals surface area contributed by atoms with Crippen molar-refractivity contribution in [1.29, 1.82) is 0 Å². The molecule has 1 aliphatic carbocycles. The predicted octanol–water partition coefficient (Wildman–Crippen LogP) is 4.42. The first-order valence-corrected chi connectivity index (χ1v) is 9.81. The number of halogens is 2. The number of benzene rings is 2. The van der Waals surface area contributed by atoms with Crippen molar-refractivity contribution in [2.24, 2.45) is 0 Å². The van der Waals surface area contributed by atoms with E-state index in [1.807, 2.05) is 0 Å². The lowest BCUT2D eigenvalue weighted by molar-refractivity contribution is 0.0686. The van der Waals surface area contributed by atoms with Gasteiger partial charge in [0.15, 0.2) is 0 Å². The monoisotopic (exact) mass is 393 g/mol. The smallest absolute Gasteiger partial charge is 0.341 e. The van der Waals surface area contributed by atoms with E-state index in [0.717, 1.165) is 31.2 Å². The van der Waals surface area contributed by atoms with E-state index in [0.29, 0.717) is 12.1 Å². The Kier molecular flexibility index (Phi) is 5.27. The van der Waals surface area contributed by atoms with Crippen LogP contribution in [0.3, 0.4) is 0 Å². The first-order valence-electron chi connectivity index (χ1n) is 8.32. The minimum Gasteiger partial charge on any atom is -0.477 e. The van der Waals surface area contributed by atoms with Gasteiger partial charge in [0.05, 0.1) is 10.6 Å². The van der Waals surface area contributed by atoms with Crippen molar-refractivity contribution in [2.75, 3.05) is 4.72 Å². The summed E-state index contributed by atoms with van der Waals surface area (Å²) in [5.41, 5.74) is 0.584. The van der Waals surface area contributed by atoms with E-state index in [9.17, 15) is 22.0 Å². The van der Waals surface area contributed by atoms with Gasteiger partial charge in [-0.2, -0.15) is 0 Å². The SMILES string of the molecule is O=C(O)c1c(F)cc(NS(=O)(=O)c2ccc(C3=CCCCC3)cc2)cc1F. The van der Waals surface area contributed by atoms with Crippen LogP contribution < -0.4 is 4.72 Å². The van der Waals surface area contributed by atoms with E-state index in [-0.39, 0.29) is 4.90 Å². The fourth-order valence-electron chi connectivity index (χ4n) is 3.00. The van der Waals surface area contributed by atoms with Gasteiger partial charge >= 0.3 is 5.97 Å². The van der Waals surface area contributed by atoms with Crippen LogP contribution in [0.4, 0.5) is 14.5 Å². The number of allylic oxidation sites excluding steroid dienone is 2. The average Bonchev–Trinajstić information content (AvgIpc) is 2.61. The number of carboxylic acid groups (broad SMARTS) is 1. The molecule has 8 heteroatoms. The number of carboxylic acids is 1. The maximum Gasteiger partial charge on any atom is 0.341 e. The molecule has 2 aromatic carbocycles. The van der Waals surface area contributed by atoms with E-state index in [4.69, 9.17) is 5.11 Å². The number of nitrogens with one attached hydrogen (secondary N) is 1. The molecule has 1 aliphatic rings. The first-order chi connectivity index (χ1) is 12.8. The summed E-state index contributed by atoms with van der Waals surface area (Å²) < 4.78 is 54.4. The zero-order valence-electron chi connectivity index (χ0n) is 14.2. The number of sulfonamides is 1. The molecular formula is C19H17F2NO4S. The summed E-state index contributed by atoms with van der Waals surface area (Å²) in [6, 6.07) is 7.49. The highest BCUT2D eigenvalue weighted by atomic mass is 32.2. The molecule has 0 unspecified atom stereocenters. The summed E-state index contributed by atoms with van der Waals surface area (Å²) in [5.74, 6) is -4.49. The van der Waals surface area contributed by atoms with Crippen LogP contribution in [-0.2, 0) is 10.0 Å². The third-order valence-electron chi connectivity index (χ3n) is 4.33.